The zero-order valence-corrected chi connectivity index (χ0v) is 9.06. The molecule has 78 valence electrons. The van der Waals surface area contributed by atoms with Crippen molar-refractivity contribution in [3.8, 4) is 0 Å². The Bertz CT molecular complexity index is 533. The Morgan fingerprint density at radius 1 is 1.40 bits per heavy atom. The van der Waals surface area contributed by atoms with Gasteiger partial charge in [0.25, 0.3) is 0 Å². The lowest BCUT2D eigenvalue weighted by atomic mass is 10.1. The molecule has 0 atom stereocenters. The molecular weight excluding hydrogens is 237 g/mol. The summed E-state index contributed by atoms with van der Waals surface area (Å²) in [6, 6.07) is 5.28. The van der Waals surface area contributed by atoms with Gasteiger partial charge >= 0.3 is 5.97 Å². The lowest BCUT2D eigenvalue weighted by Crippen LogP contribution is -1.99. The number of hydrogen-bond acceptors (Lipinski definition) is 1. The van der Waals surface area contributed by atoms with Gasteiger partial charge in [0.1, 0.15) is 5.15 Å². The highest BCUT2D eigenvalue weighted by molar-refractivity contribution is 6.37. The summed E-state index contributed by atoms with van der Waals surface area (Å²) in [6.45, 7) is 0. The second-order valence-electron chi connectivity index (χ2n) is 3.15. The first-order valence-corrected chi connectivity index (χ1v) is 5.01. The second kappa shape index (κ2) is 3.76. The van der Waals surface area contributed by atoms with E-state index in [9.17, 15) is 4.79 Å². The van der Waals surface area contributed by atoms with Gasteiger partial charge in [-0.1, -0.05) is 35.3 Å². The van der Waals surface area contributed by atoms with Crippen LogP contribution in [0.2, 0.25) is 10.2 Å². The normalized spacial score (nSPS) is 10.8. The Balaban J connectivity index is 2.68. The third-order valence-corrected chi connectivity index (χ3v) is 2.80. The number of benzene rings is 1. The zero-order chi connectivity index (χ0) is 11.0. The molecule has 0 bridgehead atoms. The number of carbonyl (C=O) groups is 1. The lowest BCUT2D eigenvalue weighted by Gasteiger charge is -1.95. The van der Waals surface area contributed by atoms with Gasteiger partial charge in [-0.05, 0) is 6.07 Å². The van der Waals surface area contributed by atoms with Crippen LogP contribution in [0.25, 0.3) is 10.9 Å². The summed E-state index contributed by atoms with van der Waals surface area (Å²) in [7, 11) is 0. The first kappa shape index (κ1) is 10.3. The van der Waals surface area contributed by atoms with E-state index in [1.54, 1.807) is 18.2 Å². The molecule has 3 nitrogen and oxygen atoms in total. The van der Waals surface area contributed by atoms with E-state index in [0.29, 0.717) is 21.3 Å². The lowest BCUT2D eigenvalue weighted by molar-refractivity contribution is -0.136. The predicted octanol–water partition coefficient (Wildman–Crippen LogP) is 3.10. The molecule has 0 fully saturated rings. The van der Waals surface area contributed by atoms with E-state index in [0.717, 1.165) is 5.39 Å². The van der Waals surface area contributed by atoms with Gasteiger partial charge in [-0.25, -0.2) is 0 Å². The fraction of sp³-hybridized carbons (Fsp3) is 0.100. The van der Waals surface area contributed by atoms with Gasteiger partial charge in [0.05, 0.1) is 17.0 Å². The van der Waals surface area contributed by atoms with Crippen LogP contribution in [0.15, 0.2) is 18.2 Å². The number of hydrogen-bond donors (Lipinski definition) is 2. The number of nitrogens with one attached hydrogen (secondary N) is 1. The molecule has 1 aromatic heterocycles. The van der Waals surface area contributed by atoms with Crippen molar-refractivity contribution in [2.75, 3.05) is 0 Å². The smallest absolute Gasteiger partial charge is 0.307 e. The number of fused-ring (bicyclic) bond motifs is 1. The van der Waals surface area contributed by atoms with Gasteiger partial charge in [-0.2, -0.15) is 0 Å². The Morgan fingerprint density at radius 2 is 2.13 bits per heavy atom. The molecular formula is C10H7Cl2NO2. The van der Waals surface area contributed by atoms with Crippen molar-refractivity contribution in [1.82, 2.24) is 4.98 Å². The van der Waals surface area contributed by atoms with Crippen LogP contribution < -0.4 is 0 Å². The van der Waals surface area contributed by atoms with Gasteiger partial charge < -0.3 is 10.1 Å². The molecule has 0 aliphatic carbocycles. The highest BCUT2D eigenvalue weighted by Gasteiger charge is 2.14. The minimum atomic E-state index is -0.919. The fourth-order valence-corrected chi connectivity index (χ4v) is 2.02. The van der Waals surface area contributed by atoms with E-state index >= 15 is 0 Å². The van der Waals surface area contributed by atoms with Crippen molar-refractivity contribution in [2.24, 2.45) is 0 Å². The zero-order valence-electron chi connectivity index (χ0n) is 7.55. The van der Waals surface area contributed by atoms with Crippen LogP contribution in [-0.2, 0) is 11.2 Å². The summed E-state index contributed by atoms with van der Waals surface area (Å²) < 4.78 is 0. The van der Waals surface area contributed by atoms with E-state index in [2.05, 4.69) is 4.98 Å². The summed E-state index contributed by atoms with van der Waals surface area (Å²) in [5, 5.41) is 10.4. The molecule has 0 radical (unpaired) electrons. The molecule has 2 aromatic rings. The number of H-pyrrole nitrogens is 1. The molecule has 15 heavy (non-hydrogen) atoms. The quantitative estimate of drug-likeness (QED) is 0.852. The van der Waals surface area contributed by atoms with Gasteiger partial charge in [-0.3, -0.25) is 4.79 Å². The van der Waals surface area contributed by atoms with Crippen LogP contribution in [0, 0.1) is 0 Å². The average Bonchev–Trinajstić information content (AvgIpc) is 2.45. The number of carboxylic acid groups (broad SMARTS) is 1. The Labute approximate surface area is 95.6 Å². The van der Waals surface area contributed by atoms with Gasteiger partial charge in [0, 0.05) is 10.9 Å². The van der Waals surface area contributed by atoms with E-state index in [-0.39, 0.29) is 6.42 Å². The second-order valence-corrected chi connectivity index (χ2v) is 3.94. The van der Waals surface area contributed by atoms with Crippen LogP contribution in [0.3, 0.4) is 0 Å². The van der Waals surface area contributed by atoms with Gasteiger partial charge in [0.2, 0.25) is 0 Å². The summed E-state index contributed by atoms with van der Waals surface area (Å²) in [5.74, 6) is -0.919. The Hall–Kier alpha value is -1.19. The minimum absolute atomic E-state index is 0.112. The van der Waals surface area contributed by atoms with Crippen LogP contribution in [0.5, 0.6) is 0 Å². The molecule has 2 N–H and O–H groups in total. The van der Waals surface area contributed by atoms with Crippen molar-refractivity contribution in [3.05, 3.63) is 33.9 Å². The number of carboxylic acids is 1. The van der Waals surface area contributed by atoms with Crippen LogP contribution in [0.1, 0.15) is 5.56 Å². The van der Waals surface area contributed by atoms with Crippen LogP contribution in [-0.4, -0.2) is 16.1 Å². The van der Waals surface area contributed by atoms with Crippen molar-refractivity contribution in [2.45, 2.75) is 6.42 Å². The highest BCUT2D eigenvalue weighted by Crippen LogP contribution is 2.30. The summed E-state index contributed by atoms with van der Waals surface area (Å²) in [6.07, 6.45) is -0.112. The van der Waals surface area contributed by atoms with Gasteiger partial charge in [0.15, 0.2) is 0 Å². The monoisotopic (exact) mass is 243 g/mol. The Morgan fingerprint density at radius 3 is 2.80 bits per heavy atom. The van der Waals surface area contributed by atoms with Crippen molar-refractivity contribution < 1.29 is 9.90 Å². The molecule has 0 unspecified atom stereocenters. The highest BCUT2D eigenvalue weighted by atomic mass is 35.5. The Kier molecular flexibility index (Phi) is 2.59. The third-order valence-electron chi connectivity index (χ3n) is 2.17. The number of aromatic amines is 1. The van der Waals surface area contributed by atoms with E-state index in [1.807, 2.05) is 0 Å². The first-order chi connectivity index (χ1) is 7.09. The molecule has 0 saturated heterocycles. The summed E-state index contributed by atoms with van der Waals surface area (Å²) in [5.41, 5.74) is 1.25. The average molecular weight is 244 g/mol. The standard InChI is InChI=1S/C10H7Cl2NO2/c11-7-3-1-2-5-6(4-8(14)15)10(12)13-9(5)7/h1-3,13H,4H2,(H,14,15). The molecule has 1 heterocycles. The maximum atomic E-state index is 10.6. The molecule has 0 amide bonds. The SMILES string of the molecule is O=C(O)Cc1c(Cl)[nH]c2c(Cl)cccc12. The first-order valence-electron chi connectivity index (χ1n) is 4.26. The largest absolute Gasteiger partial charge is 0.481 e. The molecule has 0 spiro atoms. The number of halogens is 2. The molecule has 0 aliphatic heterocycles. The van der Waals surface area contributed by atoms with Gasteiger partial charge in [-0.15, -0.1) is 0 Å². The van der Waals surface area contributed by atoms with E-state index < -0.39 is 5.97 Å². The van der Waals surface area contributed by atoms with Crippen LogP contribution >= 0.6 is 23.2 Å². The number of aromatic nitrogens is 1. The number of para-hydroxylation sites is 1. The van der Waals surface area contributed by atoms with E-state index in [4.69, 9.17) is 28.3 Å². The molecule has 0 saturated carbocycles. The minimum Gasteiger partial charge on any atom is -0.481 e. The van der Waals surface area contributed by atoms with Crippen LogP contribution in [0.4, 0.5) is 0 Å². The maximum Gasteiger partial charge on any atom is 0.307 e. The summed E-state index contributed by atoms with van der Waals surface area (Å²) >= 11 is 11.8. The number of rotatable bonds is 2. The third kappa shape index (κ3) is 1.80. The molecule has 1 aromatic carbocycles. The molecule has 0 aliphatic rings. The van der Waals surface area contributed by atoms with Crippen molar-refractivity contribution in [1.29, 1.82) is 0 Å². The fourth-order valence-electron chi connectivity index (χ4n) is 1.53. The molecule has 5 heteroatoms. The van der Waals surface area contributed by atoms with Crippen molar-refractivity contribution in [3.63, 3.8) is 0 Å². The topological polar surface area (TPSA) is 53.1 Å². The maximum absolute atomic E-state index is 10.6. The number of aliphatic carboxylic acids is 1. The predicted molar refractivity (Wildman–Crippen MR) is 59.7 cm³/mol. The van der Waals surface area contributed by atoms with Crippen molar-refractivity contribution >= 4 is 40.1 Å². The summed E-state index contributed by atoms with van der Waals surface area (Å²) in [4.78, 5) is 13.5. The molecule has 2 rings (SSSR count). The van der Waals surface area contributed by atoms with E-state index in [1.165, 1.54) is 0 Å².